The second-order valence-electron chi connectivity index (χ2n) is 4.94. The van der Waals surface area contributed by atoms with Crippen molar-refractivity contribution in [2.24, 2.45) is 0 Å². The van der Waals surface area contributed by atoms with Gasteiger partial charge in [0.15, 0.2) is 0 Å². The van der Waals surface area contributed by atoms with E-state index >= 15 is 0 Å². The fourth-order valence-corrected chi connectivity index (χ4v) is 2.55. The van der Waals surface area contributed by atoms with Crippen molar-refractivity contribution in [3.8, 4) is 6.07 Å². The molecular formula is C16H15FN4. The highest BCUT2D eigenvalue weighted by atomic mass is 19.1. The van der Waals surface area contributed by atoms with E-state index in [2.05, 4.69) is 16.0 Å². The maximum Gasteiger partial charge on any atom is 0.146 e. The fourth-order valence-electron chi connectivity index (χ4n) is 2.55. The Balaban J connectivity index is 1.71. The van der Waals surface area contributed by atoms with Crippen molar-refractivity contribution in [3.63, 3.8) is 0 Å². The van der Waals surface area contributed by atoms with Crippen molar-refractivity contribution in [3.05, 3.63) is 54.0 Å². The number of anilines is 2. The van der Waals surface area contributed by atoms with Crippen LogP contribution in [-0.4, -0.2) is 31.2 Å². The number of aromatic nitrogens is 1. The van der Waals surface area contributed by atoms with Crippen molar-refractivity contribution in [2.75, 3.05) is 36.0 Å². The van der Waals surface area contributed by atoms with Gasteiger partial charge in [-0.05, 0) is 24.3 Å². The highest BCUT2D eigenvalue weighted by Gasteiger charge is 2.20. The zero-order chi connectivity index (χ0) is 14.7. The largest absolute Gasteiger partial charge is 0.366 e. The molecule has 0 amide bonds. The Hall–Kier alpha value is -2.61. The van der Waals surface area contributed by atoms with Gasteiger partial charge >= 0.3 is 0 Å². The number of nitriles is 1. The van der Waals surface area contributed by atoms with Crippen molar-refractivity contribution < 1.29 is 4.39 Å². The molecule has 3 rings (SSSR count). The predicted octanol–water partition coefficient (Wildman–Crippen LogP) is 2.42. The summed E-state index contributed by atoms with van der Waals surface area (Å²) in [6, 6.07) is 12.4. The summed E-state index contributed by atoms with van der Waals surface area (Å²) >= 11 is 0. The molecule has 0 unspecified atom stereocenters. The first-order valence-electron chi connectivity index (χ1n) is 6.88. The number of pyridine rings is 1. The molecule has 0 radical (unpaired) electrons. The van der Waals surface area contributed by atoms with E-state index in [0.717, 1.165) is 32.0 Å². The fraction of sp³-hybridized carbons (Fsp3) is 0.250. The molecule has 1 aliphatic rings. The Morgan fingerprint density at radius 3 is 2.48 bits per heavy atom. The predicted molar refractivity (Wildman–Crippen MR) is 79.8 cm³/mol. The van der Waals surface area contributed by atoms with E-state index in [1.807, 2.05) is 11.0 Å². The number of hydrogen-bond donors (Lipinski definition) is 0. The van der Waals surface area contributed by atoms with Crippen LogP contribution in [0, 0.1) is 17.1 Å². The van der Waals surface area contributed by atoms with E-state index in [4.69, 9.17) is 5.26 Å². The lowest BCUT2D eigenvalue weighted by Gasteiger charge is -2.36. The van der Waals surface area contributed by atoms with Crippen molar-refractivity contribution in [1.29, 1.82) is 5.26 Å². The third kappa shape index (κ3) is 2.79. The zero-order valence-electron chi connectivity index (χ0n) is 11.5. The molecule has 2 heterocycles. The van der Waals surface area contributed by atoms with Gasteiger partial charge in [0.05, 0.1) is 17.3 Å². The van der Waals surface area contributed by atoms with Crippen LogP contribution in [0.5, 0.6) is 0 Å². The van der Waals surface area contributed by atoms with E-state index in [9.17, 15) is 4.39 Å². The Morgan fingerprint density at radius 2 is 1.76 bits per heavy atom. The van der Waals surface area contributed by atoms with E-state index in [1.165, 1.54) is 6.07 Å². The van der Waals surface area contributed by atoms with Gasteiger partial charge in [0.2, 0.25) is 0 Å². The molecule has 2 aromatic rings. The molecule has 21 heavy (non-hydrogen) atoms. The average Bonchev–Trinajstić information content (AvgIpc) is 2.56. The maximum absolute atomic E-state index is 13.8. The Labute approximate surface area is 123 Å². The molecule has 1 aromatic carbocycles. The van der Waals surface area contributed by atoms with E-state index < -0.39 is 0 Å². The number of halogens is 1. The van der Waals surface area contributed by atoms with Gasteiger partial charge in [-0.1, -0.05) is 12.1 Å². The lowest BCUT2D eigenvalue weighted by atomic mass is 10.2. The number of piperazine rings is 1. The molecule has 0 bridgehead atoms. The Bertz CT molecular complexity index is 672. The van der Waals surface area contributed by atoms with Gasteiger partial charge in [-0.15, -0.1) is 0 Å². The molecule has 0 spiro atoms. The van der Waals surface area contributed by atoms with Gasteiger partial charge in [0.25, 0.3) is 0 Å². The van der Waals surface area contributed by atoms with Crippen LogP contribution in [0.4, 0.5) is 15.9 Å². The van der Waals surface area contributed by atoms with Gasteiger partial charge in [0.1, 0.15) is 11.6 Å². The zero-order valence-corrected chi connectivity index (χ0v) is 11.5. The number of hydrogen-bond acceptors (Lipinski definition) is 4. The Morgan fingerprint density at radius 1 is 1.05 bits per heavy atom. The minimum Gasteiger partial charge on any atom is -0.366 e. The number of rotatable bonds is 2. The van der Waals surface area contributed by atoms with Crippen LogP contribution in [0.25, 0.3) is 0 Å². The number of nitrogens with zero attached hydrogens (tertiary/aromatic N) is 4. The first-order valence-corrected chi connectivity index (χ1v) is 6.88. The summed E-state index contributed by atoms with van der Waals surface area (Å²) in [4.78, 5) is 8.47. The van der Waals surface area contributed by atoms with Crippen LogP contribution < -0.4 is 9.80 Å². The summed E-state index contributed by atoms with van der Waals surface area (Å²) in [6.07, 6.45) is 1.65. The first kappa shape index (κ1) is 13.4. The lowest BCUT2D eigenvalue weighted by Crippen LogP contribution is -2.47. The van der Waals surface area contributed by atoms with Gasteiger partial charge < -0.3 is 9.80 Å². The quantitative estimate of drug-likeness (QED) is 0.848. The third-order valence-corrected chi connectivity index (χ3v) is 3.67. The van der Waals surface area contributed by atoms with Crippen LogP contribution in [-0.2, 0) is 0 Å². The van der Waals surface area contributed by atoms with Crippen LogP contribution in [0.3, 0.4) is 0 Å². The van der Waals surface area contributed by atoms with Crippen LogP contribution >= 0.6 is 0 Å². The number of para-hydroxylation sites is 1. The standard InChI is InChI=1S/C16H15FN4/c17-14-3-1-2-4-15(14)20-7-9-21(10-8-20)16-11-13(12-18)5-6-19-16/h1-6,11H,7-10H2. The first-order chi connectivity index (χ1) is 10.3. The van der Waals surface area contributed by atoms with Gasteiger partial charge in [-0.3, -0.25) is 0 Å². The van der Waals surface area contributed by atoms with Gasteiger partial charge in [0, 0.05) is 32.4 Å². The molecule has 1 fully saturated rings. The average molecular weight is 282 g/mol. The monoisotopic (exact) mass is 282 g/mol. The molecule has 5 heteroatoms. The summed E-state index contributed by atoms with van der Waals surface area (Å²) in [5.74, 6) is 0.623. The molecule has 0 aliphatic carbocycles. The smallest absolute Gasteiger partial charge is 0.146 e. The van der Waals surface area contributed by atoms with Crippen molar-refractivity contribution >= 4 is 11.5 Å². The van der Waals surface area contributed by atoms with E-state index in [0.29, 0.717) is 11.3 Å². The van der Waals surface area contributed by atoms with Crippen LogP contribution in [0.1, 0.15) is 5.56 Å². The highest BCUT2D eigenvalue weighted by molar-refractivity contribution is 5.51. The summed E-state index contributed by atoms with van der Waals surface area (Å²) in [5.41, 5.74) is 1.26. The van der Waals surface area contributed by atoms with Gasteiger partial charge in [-0.2, -0.15) is 5.26 Å². The molecule has 0 saturated carbocycles. The topological polar surface area (TPSA) is 43.2 Å². The van der Waals surface area contributed by atoms with Crippen LogP contribution in [0.2, 0.25) is 0 Å². The molecule has 1 aliphatic heterocycles. The second-order valence-corrected chi connectivity index (χ2v) is 4.94. The summed E-state index contributed by atoms with van der Waals surface area (Å²) < 4.78 is 13.8. The van der Waals surface area contributed by atoms with Crippen molar-refractivity contribution in [1.82, 2.24) is 4.98 Å². The second kappa shape index (κ2) is 5.80. The molecule has 4 nitrogen and oxygen atoms in total. The van der Waals surface area contributed by atoms with Crippen molar-refractivity contribution in [2.45, 2.75) is 0 Å². The van der Waals surface area contributed by atoms with Gasteiger partial charge in [-0.25, -0.2) is 9.37 Å². The summed E-state index contributed by atoms with van der Waals surface area (Å²) in [6.45, 7) is 2.99. The van der Waals surface area contributed by atoms with Crippen LogP contribution in [0.15, 0.2) is 42.6 Å². The summed E-state index contributed by atoms with van der Waals surface area (Å²) in [7, 11) is 0. The maximum atomic E-state index is 13.8. The SMILES string of the molecule is N#Cc1ccnc(N2CCN(c3ccccc3F)CC2)c1. The molecule has 1 saturated heterocycles. The summed E-state index contributed by atoms with van der Waals surface area (Å²) in [5, 5.41) is 8.94. The third-order valence-electron chi connectivity index (χ3n) is 3.67. The Kier molecular flexibility index (Phi) is 3.69. The molecule has 1 aromatic heterocycles. The highest BCUT2D eigenvalue weighted by Crippen LogP contribution is 2.22. The molecule has 106 valence electrons. The normalized spacial score (nSPS) is 14.9. The molecule has 0 N–H and O–H groups in total. The lowest BCUT2D eigenvalue weighted by molar-refractivity contribution is 0.596. The number of benzene rings is 1. The molecule has 0 atom stereocenters. The molecular weight excluding hydrogens is 267 g/mol. The van der Waals surface area contributed by atoms with E-state index in [-0.39, 0.29) is 5.82 Å². The minimum absolute atomic E-state index is 0.185. The van der Waals surface area contributed by atoms with E-state index in [1.54, 1.807) is 30.5 Å². The minimum atomic E-state index is -0.185.